The maximum absolute atomic E-state index is 11.0. The van der Waals surface area contributed by atoms with Gasteiger partial charge in [0.1, 0.15) is 11.8 Å². The summed E-state index contributed by atoms with van der Waals surface area (Å²) in [5.41, 5.74) is 2.73. The van der Waals surface area contributed by atoms with Gasteiger partial charge in [-0.25, -0.2) is 0 Å². The largest absolute Gasteiger partial charge is 0.381 e. The number of halogens is 1. The Hall–Kier alpha value is -0.840. The lowest BCUT2D eigenvalue weighted by molar-refractivity contribution is 0.0345. The van der Waals surface area contributed by atoms with E-state index in [9.17, 15) is 5.11 Å². The van der Waals surface area contributed by atoms with Crippen molar-refractivity contribution in [1.82, 2.24) is 5.32 Å². The van der Waals surface area contributed by atoms with E-state index < -0.39 is 5.60 Å². The van der Waals surface area contributed by atoms with Crippen LogP contribution in [0.2, 0.25) is 0 Å². The zero-order chi connectivity index (χ0) is 13.6. The first-order chi connectivity index (χ1) is 9.02. The minimum atomic E-state index is -0.745. The Balaban J connectivity index is 2.05. The summed E-state index contributed by atoms with van der Waals surface area (Å²) in [6.07, 6.45) is 2.97. The lowest BCUT2D eigenvalue weighted by Crippen LogP contribution is -2.47. The lowest BCUT2D eigenvalue weighted by atomic mass is 9.93. The number of fused-ring (bicyclic) bond motifs is 3. The van der Waals surface area contributed by atoms with Crippen LogP contribution in [0.25, 0.3) is 0 Å². The second-order valence-corrected chi connectivity index (χ2v) is 6.54. The van der Waals surface area contributed by atoms with Crippen LogP contribution in [0.4, 0.5) is 5.69 Å². The third-order valence-corrected chi connectivity index (χ3v) is 4.53. The van der Waals surface area contributed by atoms with Crippen molar-refractivity contribution in [2.24, 2.45) is 0 Å². The second kappa shape index (κ2) is 4.62. The highest BCUT2D eigenvalue weighted by Crippen LogP contribution is 2.47. The topological polar surface area (TPSA) is 35.5 Å². The Labute approximate surface area is 122 Å². The summed E-state index contributed by atoms with van der Waals surface area (Å²) >= 11 is 3.53. The molecule has 1 aromatic rings. The van der Waals surface area contributed by atoms with Gasteiger partial charge in [-0.05, 0) is 32.4 Å². The Morgan fingerprint density at radius 3 is 3.11 bits per heavy atom. The zero-order valence-corrected chi connectivity index (χ0v) is 12.9. The van der Waals surface area contributed by atoms with Gasteiger partial charge in [0.25, 0.3) is 0 Å². The average Bonchev–Trinajstić information content (AvgIpc) is 2.81. The van der Waals surface area contributed by atoms with Crippen molar-refractivity contribution >= 4 is 21.6 Å². The number of benzene rings is 1. The number of anilines is 1. The number of hydrogen-bond donors (Lipinski definition) is 2. The molecule has 2 aliphatic rings. The first-order valence-corrected chi connectivity index (χ1v) is 7.47. The molecule has 3 rings (SSSR count). The summed E-state index contributed by atoms with van der Waals surface area (Å²) in [4.78, 5) is 2.26. The average molecular weight is 323 g/mol. The molecule has 0 radical (unpaired) electrons. The van der Waals surface area contributed by atoms with E-state index in [1.165, 1.54) is 5.57 Å². The highest BCUT2D eigenvalue weighted by Gasteiger charge is 2.52. The Morgan fingerprint density at radius 1 is 1.58 bits per heavy atom. The molecule has 0 saturated carbocycles. The summed E-state index contributed by atoms with van der Waals surface area (Å²) < 4.78 is 1.05. The number of aliphatic hydroxyl groups is 1. The molecule has 2 unspecified atom stereocenters. The molecule has 1 saturated heterocycles. The summed E-state index contributed by atoms with van der Waals surface area (Å²) in [7, 11) is 0. The predicted molar refractivity (Wildman–Crippen MR) is 81.2 cm³/mol. The Morgan fingerprint density at radius 2 is 2.37 bits per heavy atom. The molecule has 2 aliphatic heterocycles. The molecule has 19 heavy (non-hydrogen) atoms. The van der Waals surface area contributed by atoms with Crippen molar-refractivity contribution in [2.75, 3.05) is 18.0 Å². The van der Waals surface area contributed by atoms with E-state index >= 15 is 0 Å². The molecule has 0 spiro atoms. The highest BCUT2D eigenvalue weighted by molar-refractivity contribution is 9.10. The molecule has 1 fully saturated rings. The Kier molecular flexibility index (Phi) is 3.20. The quantitative estimate of drug-likeness (QED) is 0.822. The van der Waals surface area contributed by atoms with Crippen LogP contribution in [-0.2, 0) is 5.60 Å². The van der Waals surface area contributed by atoms with Crippen molar-refractivity contribution in [3.63, 3.8) is 0 Å². The first kappa shape index (κ1) is 13.2. The summed E-state index contributed by atoms with van der Waals surface area (Å²) in [6.45, 7) is 5.89. The van der Waals surface area contributed by atoms with E-state index in [0.717, 1.165) is 35.2 Å². The van der Waals surface area contributed by atoms with Crippen LogP contribution in [0.1, 0.15) is 25.8 Å². The molecule has 0 bridgehead atoms. The first-order valence-electron chi connectivity index (χ1n) is 6.68. The fourth-order valence-corrected chi connectivity index (χ4v) is 3.44. The third kappa shape index (κ3) is 2.02. The van der Waals surface area contributed by atoms with Crippen molar-refractivity contribution in [1.29, 1.82) is 0 Å². The molecule has 0 aromatic heterocycles. The van der Waals surface area contributed by atoms with Crippen LogP contribution in [0, 0.1) is 0 Å². The van der Waals surface area contributed by atoms with Gasteiger partial charge >= 0.3 is 0 Å². The summed E-state index contributed by atoms with van der Waals surface area (Å²) in [5, 5.41) is 14.4. The number of nitrogens with one attached hydrogen (secondary N) is 1. The van der Waals surface area contributed by atoms with E-state index in [4.69, 9.17) is 0 Å². The number of allylic oxidation sites excluding steroid dienone is 1. The van der Waals surface area contributed by atoms with Gasteiger partial charge in [0.15, 0.2) is 0 Å². The molecule has 2 heterocycles. The minimum Gasteiger partial charge on any atom is -0.381 e. The van der Waals surface area contributed by atoms with Gasteiger partial charge in [-0.3, -0.25) is 5.32 Å². The molecule has 4 heteroatoms. The van der Waals surface area contributed by atoms with Crippen LogP contribution >= 0.6 is 15.9 Å². The van der Waals surface area contributed by atoms with Crippen molar-refractivity contribution in [3.8, 4) is 0 Å². The molecule has 2 atom stereocenters. The van der Waals surface area contributed by atoms with E-state index in [1.54, 1.807) is 0 Å². The molecule has 0 aliphatic carbocycles. The maximum Gasteiger partial charge on any atom is 0.126 e. The normalized spacial score (nSPS) is 28.2. The second-order valence-electron chi connectivity index (χ2n) is 5.63. The molecule has 0 amide bonds. The Bertz CT molecular complexity index is 539. The zero-order valence-electron chi connectivity index (χ0n) is 11.3. The molecule has 2 N–H and O–H groups in total. The van der Waals surface area contributed by atoms with Gasteiger partial charge in [0.2, 0.25) is 0 Å². The number of nitrogens with zero attached hydrogens (tertiary/aromatic N) is 1. The van der Waals surface area contributed by atoms with Gasteiger partial charge in [-0.15, -0.1) is 0 Å². The van der Waals surface area contributed by atoms with E-state index in [0.29, 0.717) is 0 Å². The van der Waals surface area contributed by atoms with Gasteiger partial charge < -0.3 is 10.0 Å². The molecule has 102 valence electrons. The SMILES string of the molecule is CC(C)=CCN1c2cc(Br)ccc2C2(O)CCNC12. The predicted octanol–water partition coefficient (Wildman–Crippen LogP) is 2.74. The van der Waals surface area contributed by atoms with Gasteiger partial charge in [0, 0.05) is 28.8 Å². The van der Waals surface area contributed by atoms with Gasteiger partial charge in [-0.2, -0.15) is 0 Å². The van der Waals surface area contributed by atoms with Crippen molar-refractivity contribution in [2.45, 2.75) is 32.0 Å². The van der Waals surface area contributed by atoms with Gasteiger partial charge in [0.05, 0.1) is 0 Å². The number of hydrogen-bond acceptors (Lipinski definition) is 3. The molecule has 3 nitrogen and oxygen atoms in total. The van der Waals surface area contributed by atoms with Crippen LogP contribution in [-0.4, -0.2) is 24.4 Å². The van der Waals surface area contributed by atoms with E-state index in [1.807, 2.05) is 12.1 Å². The van der Waals surface area contributed by atoms with Crippen LogP contribution < -0.4 is 10.2 Å². The number of rotatable bonds is 2. The lowest BCUT2D eigenvalue weighted by Gasteiger charge is -2.29. The van der Waals surface area contributed by atoms with Gasteiger partial charge in [-0.1, -0.05) is 33.6 Å². The monoisotopic (exact) mass is 322 g/mol. The maximum atomic E-state index is 11.0. The highest BCUT2D eigenvalue weighted by atomic mass is 79.9. The summed E-state index contributed by atoms with van der Waals surface area (Å²) in [6, 6.07) is 6.16. The minimum absolute atomic E-state index is 0.00704. The van der Waals surface area contributed by atoms with Crippen LogP contribution in [0.5, 0.6) is 0 Å². The molecular weight excluding hydrogens is 304 g/mol. The van der Waals surface area contributed by atoms with Crippen LogP contribution in [0.3, 0.4) is 0 Å². The molecule has 1 aromatic carbocycles. The van der Waals surface area contributed by atoms with Crippen LogP contribution in [0.15, 0.2) is 34.3 Å². The fourth-order valence-electron chi connectivity index (χ4n) is 3.09. The fraction of sp³-hybridized carbons (Fsp3) is 0.467. The van der Waals surface area contributed by atoms with E-state index in [2.05, 4.69) is 52.1 Å². The van der Waals surface area contributed by atoms with Crippen molar-refractivity contribution < 1.29 is 5.11 Å². The molecular formula is C15H19BrN2O. The van der Waals surface area contributed by atoms with E-state index in [-0.39, 0.29) is 6.17 Å². The standard InChI is InChI=1S/C15H19BrN2O/c1-10(2)5-8-18-13-9-11(16)3-4-12(13)15(19)6-7-17-14(15)18/h3-5,9,14,17,19H,6-8H2,1-2H3. The smallest absolute Gasteiger partial charge is 0.126 e. The summed E-state index contributed by atoms with van der Waals surface area (Å²) in [5.74, 6) is 0. The van der Waals surface area contributed by atoms with Crippen molar-refractivity contribution in [3.05, 3.63) is 39.9 Å². The third-order valence-electron chi connectivity index (χ3n) is 4.04.